The molecule has 18 heavy (non-hydrogen) atoms. The first kappa shape index (κ1) is 10.9. The Bertz CT molecular complexity index is 547. The maximum Gasteiger partial charge on any atom is 0.243 e. The summed E-state index contributed by atoms with van der Waals surface area (Å²) in [5.74, 6) is 1.16. The molecule has 1 aromatic carbocycles. The van der Waals surface area contributed by atoms with Gasteiger partial charge in [-0.2, -0.15) is 0 Å². The second-order valence-electron chi connectivity index (χ2n) is 4.00. The van der Waals surface area contributed by atoms with Gasteiger partial charge in [0.1, 0.15) is 6.67 Å². The zero-order chi connectivity index (χ0) is 12.5. The van der Waals surface area contributed by atoms with Crippen LogP contribution in [0.25, 0.3) is 0 Å². The van der Waals surface area contributed by atoms with Gasteiger partial charge >= 0.3 is 0 Å². The van der Waals surface area contributed by atoms with E-state index in [1.54, 1.807) is 12.1 Å². The maximum absolute atomic E-state index is 9.66. The molecule has 0 aliphatic carbocycles. The third-order valence-corrected chi connectivity index (χ3v) is 2.77. The molecule has 0 unspecified atom stereocenters. The van der Waals surface area contributed by atoms with Crippen LogP contribution in [-0.2, 0) is 0 Å². The van der Waals surface area contributed by atoms with E-state index in [1.807, 2.05) is 36.4 Å². The molecule has 0 atom stereocenters. The van der Waals surface area contributed by atoms with Crippen LogP contribution >= 0.6 is 0 Å². The molecule has 3 rings (SSSR count). The number of hydrogen-bond donors (Lipinski definition) is 2. The van der Waals surface area contributed by atoms with Crippen molar-refractivity contribution in [1.82, 2.24) is 15.5 Å². The van der Waals surface area contributed by atoms with Crippen LogP contribution in [0.2, 0.25) is 0 Å². The molecule has 2 N–H and O–H groups in total. The van der Waals surface area contributed by atoms with E-state index in [2.05, 4.69) is 15.4 Å². The number of allylic oxidation sites excluding steroid dienone is 1. The first-order valence-electron chi connectivity index (χ1n) is 5.62. The summed E-state index contributed by atoms with van der Waals surface area (Å²) in [7, 11) is 1.57. The summed E-state index contributed by atoms with van der Waals surface area (Å²) in [5.41, 5.74) is 4.79. The third kappa shape index (κ3) is 1.77. The first-order chi connectivity index (χ1) is 8.75. The van der Waals surface area contributed by atoms with Gasteiger partial charge < -0.3 is 0 Å². The zero-order valence-electron chi connectivity index (χ0n) is 9.91. The highest BCUT2D eigenvalue weighted by molar-refractivity contribution is 6.15. The van der Waals surface area contributed by atoms with Crippen LogP contribution in [0.4, 0.5) is 0 Å². The van der Waals surface area contributed by atoms with Gasteiger partial charge in [-0.1, -0.05) is 30.3 Å². The number of rotatable bonds is 2. The highest BCUT2D eigenvalue weighted by Gasteiger charge is 2.27. The Morgan fingerprint density at radius 1 is 1.33 bits per heavy atom. The summed E-state index contributed by atoms with van der Waals surface area (Å²) in [6, 6.07) is 9.81. The van der Waals surface area contributed by atoms with Crippen molar-refractivity contribution in [3.63, 3.8) is 0 Å². The van der Waals surface area contributed by atoms with Crippen LogP contribution < -0.4 is 5.43 Å². The molecule has 0 amide bonds. The third-order valence-electron chi connectivity index (χ3n) is 2.77. The molecule has 0 aromatic heterocycles. The van der Waals surface area contributed by atoms with Crippen LogP contribution in [0.5, 0.6) is 0 Å². The number of fused-ring (bicyclic) bond motifs is 1. The molecule has 0 saturated heterocycles. The lowest BCUT2D eigenvalue weighted by molar-refractivity contribution is -0.0521. The average Bonchev–Trinajstić information content (AvgIpc) is 2.86. The standard InChI is InChI=1S/C12H13N5O/c1-16(18)11-7-10(9-5-3-2-4-6-9)15-12-13-8-14-17(11)12/h2-7,14,18H,8H2,1H3. The van der Waals surface area contributed by atoms with E-state index in [0.29, 0.717) is 18.4 Å². The molecule has 2 aliphatic rings. The summed E-state index contributed by atoms with van der Waals surface area (Å²) >= 11 is 0. The van der Waals surface area contributed by atoms with Gasteiger partial charge in [-0.15, -0.1) is 0 Å². The average molecular weight is 243 g/mol. The van der Waals surface area contributed by atoms with E-state index >= 15 is 0 Å². The number of hydrogen-bond acceptors (Lipinski definition) is 6. The highest BCUT2D eigenvalue weighted by atomic mass is 16.5. The molecule has 0 saturated carbocycles. The lowest BCUT2D eigenvalue weighted by Gasteiger charge is -2.28. The second kappa shape index (κ2) is 4.25. The Labute approximate surface area is 104 Å². The smallest absolute Gasteiger partial charge is 0.243 e. The van der Waals surface area contributed by atoms with Crippen molar-refractivity contribution < 1.29 is 5.21 Å². The highest BCUT2D eigenvalue weighted by Crippen LogP contribution is 2.18. The van der Waals surface area contributed by atoms with Gasteiger partial charge in [-0.05, 0) is 0 Å². The van der Waals surface area contributed by atoms with Crippen LogP contribution in [0.1, 0.15) is 5.56 Å². The minimum atomic E-state index is 0.464. The van der Waals surface area contributed by atoms with Crippen LogP contribution in [0, 0.1) is 0 Å². The van der Waals surface area contributed by atoms with Gasteiger partial charge in [-0.3, -0.25) is 5.21 Å². The SMILES string of the molecule is CN(O)C1=CC(c2ccccc2)=NC2=NCNN12. The normalized spacial score (nSPS) is 17.9. The monoisotopic (exact) mass is 243 g/mol. The van der Waals surface area contributed by atoms with Crippen molar-refractivity contribution >= 4 is 11.7 Å². The minimum absolute atomic E-state index is 0.464. The molecule has 0 radical (unpaired) electrons. The van der Waals surface area contributed by atoms with E-state index in [1.165, 1.54) is 0 Å². The van der Waals surface area contributed by atoms with E-state index in [9.17, 15) is 5.21 Å². The predicted octanol–water partition coefficient (Wildman–Crippen LogP) is 0.785. The molecule has 1 aromatic rings. The Kier molecular flexibility index (Phi) is 2.58. The lowest BCUT2D eigenvalue weighted by Crippen LogP contribution is -2.43. The van der Waals surface area contributed by atoms with Crippen molar-refractivity contribution in [1.29, 1.82) is 0 Å². The van der Waals surface area contributed by atoms with E-state index < -0.39 is 0 Å². The van der Waals surface area contributed by atoms with Crippen molar-refractivity contribution in [3.05, 3.63) is 47.8 Å². The number of nitrogens with one attached hydrogen (secondary N) is 1. The van der Waals surface area contributed by atoms with Crippen molar-refractivity contribution in [3.8, 4) is 0 Å². The van der Waals surface area contributed by atoms with E-state index in [0.717, 1.165) is 16.3 Å². The lowest BCUT2D eigenvalue weighted by atomic mass is 10.1. The van der Waals surface area contributed by atoms with Gasteiger partial charge in [0.15, 0.2) is 5.82 Å². The largest absolute Gasteiger partial charge is 0.287 e. The number of nitrogens with zero attached hydrogens (tertiary/aromatic N) is 4. The van der Waals surface area contributed by atoms with Gasteiger partial charge in [0.2, 0.25) is 5.96 Å². The molecule has 0 spiro atoms. The summed E-state index contributed by atoms with van der Waals surface area (Å²) in [4.78, 5) is 8.69. The molecule has 2 aliphatic heterocycles. The summed E-state index contributed by atoms with van der Waals surface area (Å²) in [5, 5.41) is 12.4. The topological polar surface area (TPSA) is 63.5 Å². The Morgan fingerprint density at radius 2 is 2.11 bits per heavy atom. The van der Waals surface area contributed by atoms with Gasteiger partial charge in [0.25, 0.3) is 0 Å². The van der Waals surface area contributed by atoms with Gasteiger partial charge in [0.05, 0.1) is 5.71 Å². The predicted molar refractivity (Wildman–Crippen MR) is 67.9 cm³/mol. The zero-order valence-corrected chi connectivity index (χ0v) is 9.91. The fourth-order valence-electron chi connectivity index (χ4n) is 1.91. The van der Waals surface area contributed by atoms with E-state index in [4.69, 9.17) is 0 Å². The van der Waals surface area contributed by atoms with Gasteiger partial charge in [0, 0.05) is 18.7 Å². The van der Waals surface area contributed by atoms with Crippen molar-refractivity contribution in [2.45, 2.75) is 0 Å². The number of benzene rings is 1. The molecule has 2 heterocycles. The Balaban J connectivity index is 2.05. The number of hydrazine groups is 1. The summed E-state index contributed by atoms with van der Waals surface area (Å²) in [6.07, 6.45) is 1.81. The Hall–Kier alpha value is -2.18. The van der Waals surface area contributed by atoms with Crippen LogP contribution in [0.15, 0.2) is 52.2 Å². The molecule has 92 valence electrons. The number of hydroxylamine groups is 2. The Morgan fingerprint density at radius 3 is 2.83 bits per heavy atom. The maximum atomic E-state index is 9.66. The van der Waals surface area contributed by atoms with Crippen molar-refractivity contribution in [2.24, 2.45) is 9.98 Å². The van der Waals surface area contributed by atoms with Crippen LogP contribution in [-0.4, -0.2) is 40.7 Å². The minimum Gasteiger partial charge on any atom is -0.287 e. The molecule has 0 bridgehead atoms. The van der Waals surface area contributed by atoms with Crippen LogP contribution in [0.3, 0.4) is 0 Å². The second-order valence-corrected chi connectivity index (χ2v) is 4.00. The summed E-state index contributed by atoms with van der Waals surface area (Å²) < 4.78 is 0. The van der Waals surface area contributed by atoms with Gasteiger partial charge in [-0.25, -0.2) is 25.5 Å². The summed E-state index contributed by atoms with van der Waals surface area (Å²) in [6.45, 7) is 0.464. The van der Waals surface area contributed by atoms with E-state index in [-0.39, 0.29) is 0 Å². The molecule has 6 nitrogen and oxygen atoms in total. The first-order valence-corrected chi connectivity index (χ1v) is 5.62. The number of aliphatic imine (C=N–C) groups is 2. The molecular weight excluding hydrogens is 230 g/mol. The fourth-order valence-corrected chi connectivity index (χ4v) is 1.91. The van der Waals surface area contributed by atoms with Crippen molar-refractivity contribution in [2.75, 3.05) is 13.7 Å². The quantitative estimate of drug-likeness (QED) is 0.754. The number of guanidine groups is 1. The molecule has 0 fully saturated rings. The fraction of sp³-hybridized carbons (Fsp3) is 0.167. The molecule has 6 heteroatoms. The molecular formula is C12H13N5O.